The minimum atomic E-state index is -0.939. The summed E-state index contributed by atoms with van der Waals surface area (Å²) in [5.41, 5.74) is 4.49. The van der Waals surface area contributed by atoms with E-state index in [9.17, 15) is 43.4 Å². The zero-order valence-corrected chi connectivity index (χ0v) is 43.5. The number of carbonyl (C=O) groups excluding carboxylic acids is 4. The maximum Gasteiger partial charge on any atom is 0.508 e. The fraction of sp³-hybridized carbons (Fsp3) is 0.538. The highest BCUT2D eigenvalue weighted by molar-refractivity contribution is 6.32. The van der Waals surface area contributed by atoms with Gasteiger partial charge >= 0.3 is 12.2 Å². The molecule has 4 aliphatic rings. The van der Waals surface area contributed by atoms with Gasteiger partial charge in [0, 0.05) is 56.1 Å². The molecule has 25 heteroatoms. The number of ether oxygens (including phenoxy) is 7. The number of fused-ring (bicyclic) bond motifs is 2. The van der Waals surface area contributed by atoms with Gasteiger partial charge in [-0.2, -0.15) is 0 Å². The van der Waals surface area contributed by atoms with E-state index < -0.39 is 63.2 Å². The third-order valence-electron chi connectivity index (χ3n) is 13.7. The van der Waals surface area contributed by atoms with Gasteiger partial charge in [0.05, 0.1) is 46.2 Å². The quantitative estimate of drug-likeness (QED) is 0.0236. The topological polar surface area (TPSA) is 247 Å². The van der Waals surface area contributed by atoms with Gasteiger partial charge in [-0.3, -0.25) is 14.5 Å². The summed E-state index contributed by atoms with van der Waals surface area (Å²) in [5.74, 6) is -2.31. The summed E-state index contributed by atoms with van der Waals surface area (Å²) in [6, 6.07) is 13.6. The normalized spacial score (nSPS) is 18.3. The number of amides is 3. The molecule has 22 nitrogen and oxygen atoms in total. The molecule has 77 heavy (non-hydrogen) atoms. The van der Waals surface area contributed by atoms with E-state index in [4.69, 9.17) is 44.8 Å². The fourth-order valence-corrected chi connectivity index (χ4v) is 10.1. The van der Waals surface area contributed by atoms with E-state index in [2.05, 4.69) is 9.68 Å². The maximum absolute atomic E-state index is 15.7. The van der Waals surface area contributed by atoms with Crippen molar-refractivity contribution in [1.29, 1.82) is 0 Å². The van der Waals surface area contributed by atoms with Crippen LogP contribution in [0.5, 0.6) is 11.5 Å². The first kappa shape index (κ1) is 57.7. The molecule has 3 aliphatic heterocycles. The standard InChI is InChI=1S/C52H62ClF2N5O17/c1-33-28-35(7-14-45(33)69-2)32-57(38-10-11-38)50(62)46-41(36-8-5-34(6-9-36)4-3-19-72-48-43(55)13-12-42(54)47(48)53)31-39-29-37(30-44(46)58(39)51(63)73-24-20-70-22-26-75-59(65)66)49(61)56-17-15-40(16-18-56)77-52(64)74-25-21-71-23-27-76-60(67)68/h5-9,12-14,28,37-40,44H,3-4,10-11,15-27,29-32H2,1-2H3. The van der Waals surface area contributed by atoms with Gasteiger partial charge in [-0.15, -0.1) is 20.2 Å². The summed E-state index contributed by atoms with van der Waals surface area (Å²) in [5, 5.41) is 18.5. The SMILES string of the molecule is COc1ccc(CN(C(=O)C2=C(c3ccc(CCCOc4c(F)ccc(F)c4Cl)cc3)CC3CC(C(=O)N4CCC(OC(=O)OCCOCCO[N+](=O)[O-])CC4)CC2N3C(=O)OCCOCCO[N+](=O)[O-])C2CC2)cc1C. The van der Waals surface area contributed by atoms with Gasteiger partial charge in [0.1, 0.15) is 49.1 Å². The van der Waals surface area contributed by atoms with E-state index in [0.29, 0.717) is 37.0 Å². The van der Waals surface area contributed by atoms with Crippen molar-refractivity contribution < 1.29 is 81.0 Å². The molecule has 3 atom stereocenters. The molecule has 7 rings (SSSR count). The number of nitrogens with zero attached hydrogens (tertiary/aromatic N) is 5. The maximum atomic E-state index is 15.7. The van der Waals surface area contributed by atoms with Crippen LogP contribution in [0.4, 0.5) is 18.4 Å². The molecule has 0 aromatic heterocycles. The van der Waals surface area contributed by atoms with Crippen LogP contribution in [0.2, 0.25) is 5.02 Å². The summed E-state index contributed by atoms with van der Waals surface area (Å²) in [4.78, 5) is 91.6. The Hall–Kier alpha value is -7.05. The largest absolute Gasteiger partial charge is 0.508 e. The van der Waals surface area contributed by atoms with Crippen molar-refractivity contribution in [2.75, 3.05) is 79.7 Å². The van der Waals surface area contributed by atoms with Crippen molar-refractivity contribution in [1.82, 2.24) is 14.7 Å². The highest BCUT2D eigenvalue weighted by Crippen LogP contribution is 2.46. The highest BCUT2D eigenvalue weighted by Gasteiger charge is 2.51. The zero-order valence-electron chi connectivity index (χ0n) is 42.7. The minimum absolute atomic E-state index is 0.0317. The van der Waals surface area contributed by atoms with Crippen LogP contribution in [-0.2, 0) is 55.9 Å². The van der Waals surface area contributed by atoms with Crippen molar-refractivity contribution in [2.24, 2.45) is 5.92 Å². The van der Waals surface area contributed by atoms with Gasteiger partial charge in [-0.1, -0.05) is 48.0 Å². The number of benzene rings is 3. The van der Waals surface area contributed by atoms with Crippen LogP contribution in [-0.4, -0.2) is 153 Å². The number of aryl methyl sites for hydroxylation is 2. The van der Waals surface area contributed by atoms with E-state index in [-0.39, 0.29) is 122 Å². The predicted octanol–water partition coefficient (Wildman–Crippen LogP) is 7.48. The summed E-state index contributed by atoms with van der Waals surface area (Å²) >= 11 is 5.95. The number of methoxy groups -OCH3 is 1. The molecule has 3 amide bonds. The second kappa shape index (κ2) is 27.8. The molecule has 3 aromatic carbocycles. The highest BCUT2D eigenvalue weighted by atomic mass is 35.5. The molecular formula is C52H62ClF2N5O17. The van der Waals surface area contributed by atoms with E-state index in [0.717, 1.165) is 52.8 Å². The smallest absolute Gasteiger partial charge is 0.496 e. The average Bonchev–Trinajstić information content (AvgIpc) is 4.33. The predicted molar refractivity (Wildman–Crippen MR) is 268 cm³/mol. The van der Waals surface area contributed by atoms with Crippen LogP contribution < -0.4 is 9.47 Å². The van der Waals surface area contributed by atoms with E-state index in [1.54, 1.807) is 16.9 Å². The molecule has 0 radical (unpaired) electrons. The van der Waals surface area contributed by atoms with Gasteiger partial charge in [-0.25, -0.2) is 18.4 Å². The average molecular weight is 1100 g/mol. The number of rotatable bonds is 27. The lowest BCUT2D eigenvalue weighted by molar-refractivity contribution is -0.758. The Kier molecular flexibility index (Phi) is 20.8. The lowest BCUT2D eigenvalue weighted by atomic mass is 9.73. The molecule has 3 unspecified atom stereocenters. The number of piperidine rings is 2. The summed E-state index contributed by atoms with van der Waals surface area (Å²) in [6.07, 6.45) is 1.46. The first-order valence-electron chi connectivity index (χ1n) is 25.4. The van der Waals surface area contributed by atoms with Crippen molar-refractivity contribution >= 4 is 41.2 Å². The molecule has 418 valence electrons. The minimum Gasteiger partial charge on any atom is -0.496 e. The summed E-state index contributed by atoms with van der Waals surface area (Å²) < 4.78 is 66.3. The summed E-state index contributed by atoms with van der Waals surface area (Å²) in [6.45, 7) is 1.49. The Balaban J connectivity index is 1.12. The zero-order chi connectivity index (χ0) is 55.0. The van der Waals surface area contributed by atoms with E-state index in [1.807, 2.05) is 54.3 Å². The molecule has 1 saturated carbocycles. The van der Waals surface area contributed by atoms with Crippen LogP contribution in [0.25, 0.3) is 5.57 Å². The lowest BCUT2D eigenvalue weighted by Gasteiger charge is -2.50. The van der Waals surface area contributed by atoms with Crippen LogP contribution in [0.1, 0.15) is 73.6 Å². The fourth-order valence-electron chi connectivity index (χ4n) is 9.91. The third kappa shape index (κ3) is 16.0. The van der Waals surface area contributed by atoms with Crippen molar-refractivity contribution in [3.05, 3.63) is 119 Å². The third-order valence-corrected chi connectivity index (χ3v) is 14.0. The van der Waals surface area contributed by atoms with Crippen molar-refractivity contribution in [3.63, 3.8) is 0 Å². The second-order valence-electron chi connectivity index (χ2n) is 18.8. The van der Waals surface area contributed by atoms with Gasteiger partial charge in [0.2, 0.25) is 5.91 Å². The Morgan fingerprint density at radius 2 is 1.42 bits per heavy atom. The second-order valence-corrected chi connectivity index (χ2v) is 19.2. The molecule has 2 bridgehead atoms. The van der Waals surface area contributed by atoms with Gasteiger partial charge in [0.25, 0.3) is 16.1 Å². The number of carbonyl (C=O) groups is 4. The Morgan fingerprint density at radius 1 is 0.779 bits per heavy atom. The summed E-state index contributed by atoms with van der Waals surface area (Å²) in [7, 11) is 1.59. The Morgan fingerprint density at radius 3 is 2.05 bits per heavy atom. The van der Waals surface area contributed by atoms with E-state index >= 15 is 4.79 Å². The van der Waals surface area contributed by atoms with Crippen LogP contribution in [0, 0.1) is 44.7 Å². The van der Waals surface area contributed by atoms with Gasteiger partial charge in [0.15, 0.2) is 11.6 Å². The lowest BCUT2D eigenvalue weighted by Crippen LogP contribution is -2.59. The van der Waals surface area contributed by atoms with Crippen LogP contribution >= 0.6 is 11.6 Å². The monoisotopic (exact) mass is 1100 g/mol. The Bertz CT molecular complexity index is 2600. The molecule has 0 spiro atoms. The molecule has 0 N–H and O–H groups in total. The van der Waals surface area contributed by atoms with Gasteiger partial charge < -0.3 is 52.6 Å². The van der Waals surface area contributed by atoms with Crippen molar-refractivity contribution in [2.45, 2.75) is 95.5 Å². The first-order chi connectivity index (χ1) is 37.1. The molecule has 3 fully saturated rings. The first-order valence-corrected chi connectivity index (χ1v) is 25.8. The van der Waals surface area contributed by atoms with Gasteiger partial charge in [-0.05, 0) is 97.9 Å². The number of halogens is 3. The molecule has 3 heterocycles. The number of hydrogen-bond donors (Lipinski definition) is 0. The van der Waals surface area contributed by atoms with E-state index in [1.165, 1.54) is 0 Å². The van der Waals surface area contributed by atoms with Crippen molar-refractivity contribution in [3.8, 4) is 11.5 Å². The van der Waals surface area contributed by atoms with Crippen LogP contribution in [0.15, 0.2) is 60.2 Å². The molecular weight excluding hydrogens is 1040 g/mol. The molecule has 2 saturated heterocycles. The Labute approximate surface area is 447 Å². The number of hydrogen-bond acceptors (Lipinski definition) is 17. The molecule has 3 aromatic rings. The van der Waals surface area contributed by atoms with Crippen LogP contribution in [0.3, 0.4) is 0 Å². The number of likely N-dealkylation sites (tertiary alicyclic amines) is 1. The molecule has 1 aliphatic carbocycles.